The van der Waals surface area contributed by atoms with Crippen LogP contribution in [0.25, 0.3) is 0 Å². The zero-order chi connectivity index (χ0) is 20.2. The number of rotatable bonds is 4. The minimum absolute atomic E-state index is 0.137. The molecule has 6 heteroatoms. The van der Waals surface area contributed by atoms with Gasteiger partial charge in [0.25, 0.3) is 0 Å². The summed E-state index contributed by atoms with van der Waals surface area (Å²) >= 11 is 0. The Morgan fingerprint density at radius 3 is 2.18 bits per heavy atom. The van der Waals surface area contributed by atoms with E-state index in [4.69, 9.17) is 4.74 Å². The summed E-state index contributed by atoms with van der Waals surface area (Å²) in [5, 5.41) is 0. The number of hydrogen-bond donors (Lipinski definition) is 0. The molecule has 0 spiro atoms. The average molecular weight is 383 g/mol. The van der Waals surface area contributed by atoms with Gasteiger partial charge in [0.15, 0.2) is 12.4 Å². The first-order chi connectivity index (χ1) is 13.2. The van der Waals surface area contributed by atoms with Gasteiger partial charge in [-0.1, -0.05) is 32.9 Å². The van der Waals surface area contributed by atoms with Crippen LogP contribution in [0, 0.1) is 29.1 Å². The second kappa shape index (κ2) is 6.54. The van der Waals surface area contributed by atoms with Crippen LogP contribution in [0.4, 0.5) is 5.69 Å². The smallest absolute Gasteiger partial charge is 0.340 e. The van der Waals surface area contributed by atoms with Crippen LogP contribution in [0.3, 0.4) is 0 Å². The molecule has 1 aliphatic heterocycles. The first-order valence-electron chi connectivity index (χ1n) is 9.87. The maximum atomic E-state index is 13.1. The molecule has 1 aromatic rings. The quantitative estimate of drug-likeness (QED) is 0.590. The average Bonchev–Trinajstić information content (AvgIpc) is 3.32. The van der Waals surface area contributed by atoms with Crippen molar-refractivity contribution >= 4 is 29.3 Å². The molecule has 1 heterocycles. The number of benzene rings is 1. The summed E-state index contributed by atoms with van der Waals surface area (Å²) in [7, 11) is 0. The molecule has 0 radical (unpaired) electrons. The molecule has 0 N–H and O–H groups in total. The standard InChI is InChI=1S/C22H25NO5/c1-22(2,3)16(24)11-28-21(27)14-6-4-5-7-15(14)23-19(25)17-12-8-9-13(10-12)18(17)20(23)26/h4-7,12-13,17-18H,8-11H2,1-3H3/t12-,13-,17-,18-/m0/s1. The van der Waals surface area contributed by atoms with Crippen LogP contribution in [-0.2, 0) is 19.1 Å². The van der Waals surface area contributed by atoms with Gasteiger partial charge in [-0.3, -0.25) is 14.4 Å². The molecule has 2 aliphatic carbocycles. The molecule has 3 fully saturated rings. The molecular weight excluding hydrogens is 358 g/mol. The van der Waals surface area contributed by atoms with Crippen LogP contribution < -0.4 is 4.90 Å². The maximum Gasteiger partial charge on any atom is 0.340 e. The van der Waals surface area contributed by atoms with Gasteiger partial charge < -0.3 is 4.74 Å². The highest BCUT2D eigenvalue weighted by molar-refractivity contribution is 6.24. The van der Waals surface area contributed by atoms with Gasteiger partial charge in [0.2, 0.25) is 11.8 Å². The number of fused-ring (bicyclic) bond motifs is 5. The number of esters is 1. The Morgan fingerprint density at radius 1 is 1.04 bits per heavy atom. The van der Waals surface area contributed by atoms with E-state index in [1.807, 2.05) is 0 Å². The predicted molar refractivity (Wildman–Crippen MR) is 101 cm³/mol. The fourth-order valence-electron chi connectivity index (χ4n) is 4.91. The fraction of sp³-hybridized carbons (Fsp3) is 0.545. The van der Waals surface area contributed by atoms with E-state index in [1.165, 1.54) is 11.0 Å². The molecule has 28 heavy (non-hydrogen) atoms. The predicted octanol–water partition coefficient (Wildman–Crippen LogP) is 2.99. The third-order valence-corrected chi connectivity index (χ3v) is 6.46. The first-order valence-corrected chi connectivity index (χ1v) is 9.87. The number of ether oxygens (including phenoxy) is 1. The van der Waals surface area contributed by atoms with Crippen LogP contribution in [0.15, 0.2) is 24.3 Å². The normalized spacial score (nSPS) is 28.6. The Morgan fingerprint density at radius 2 is 1.61 bits per heavy atom. The van der Waals surface area contributed by atoms with Crippen LogP contribution in [0.2, 0.25) is 0 Å². The van der Waals surface area contributed by atoms with Crippen molar-refractivity contribution in [2.45, 2.75) is 40.0 Å². The Balaban J connectivity index is 1.58. The second-order valence-electron chi connectivity index (χ2n) is 9.16. The van der Waals surface area contributed by atoms with Crippen molar-refractivity contribution in [1.29, 1.82) is 0 Å². The van der Waals surface area contributed by atoms with Crippen molar-refractivity contribution in [3.05, 3.63) is 29.8 Å². The van der Waals surface area contributed by atoms with Gasteiger partial charge in [-0.15, -0.1) is 0 Å². The van der Waals surface area contributed by atoms with Gasteiger partial charge in [0.05, 0.1) is 23.1 Å². The third-order valence-electron chi connectivity index (χ3n) is 6.46. The molecule has 4 rings (SSSR count). The van der Waals surface area contributed by atoms with E-state index in [-0.39, 0.29) is 59.1 Å². The lowest BCUT2D eigenvalue weighted by molar-refractivity contribution is -0.129. The lowest BCUT2D eigenvalue weighted by atomic mass is 9.81. The number of ketones is 1. The summed E-state index contributed by atoms with van der Waals surface area (Å²) in [5.74, 6) is -1.25. The number of nitrogens with zero attached hydrogens (tertiary/aromatic N) is 1. The van der Waals surface area contributed by atoms with E-state index in [2.05, 4.69) is 0 Å². The highest BCUT2D eigenvalue weighted by atomic mass is 16.5. The number of imide groups is 1. The summed E-state index contributed by atoms with van der Waals surface area (Å²) in [4.78, 5) is 52.0. The molecule has 148 valence electrons. The van der Waals surface area contributed by atoms with Crippen LogP contribution in [0.1, 0.15) is 50.4 Å². The first kappa shape index (κ1) is 18.8. The molecule has 4 atom stereocenters. The van der Waals surface area contributed by atoms with Gasteiger partial charge >= 0.3 is 5.97 Å². The van der Waals surface area contributed by atoms with Crippen molar-refractivity contribution < 1.29 is 23.9 Å². The van der Waals surface area contributed by atoms with Crippen molar-refractivity contribution in [2.24, 2.45) is 29.1 Å². The highest BCUT2D eigenvalue weighted by Gasteiger charge is 2.61. The minimum Gasteiger partial charge on any atom is -0.454 e. The van der Waals surface area contributed by atoms with E-state index < -0.39 is 11.4 Å². The number of hydrogen-bond acceptors (Lipinski definition) is 5. The van der Waals surface area contributed by atoms with E-state index in [1.54, 1.807) is 39.0 Å². The number of amides is 2. The molecule has 2 bridgehead atoms. The van der Waals surface area contributed by atoms with Gasteiger partial charge in [0.1, 0.15) is 0 Å². The number of para-hydroxylation sites is 1. The fourth-order valence-corrected chi connectivity index (χ4v) is 4.91. The number of Topliss-reactive ketones (excluding diaryl/α,β-unsaturated/α-hetero) is 1. The number of carbonyl (C=O) groups excluding carboxylic acids is 4. The summed E-state index contributed by atoms with van der Waals surface area (Å²) < 4.78 is 5.20. The van der Waals surface area contributed by atoms with E-state index >= 15 is 0 Å². The molecule has 0 unspecified atom stereocenters. The molecular formula is C22H25NO5. The molecule has 2 saturated carbocycles. The SMILES string of the molecule is CC(C)(C)C(=O)COC(=O)c1ccccc1N1C(=O)[C@H]2[C@H]3CC[C@@H](C3)[C@@H]2C1=O. The topological polar surface area (TPSA) is 80.8 Å². The Bertz CT molecular complexity index is 840. The monoisotopic (exact) mass is 383 g/mol. The van der Waals surface area contributed by atoms with Gasteiger partial charge in [-0.05, 0) is 43.2 Å². The molecule has 0 aromatic heterocycles. The highest BCUT2D eigenvalue weighted by Crippen LogP contribution is 2.56. The molecule has 1 saturated heterocycles. The van der Waals surface area contributed by atoms with Crippen molar-refractivity contribution in [1.82, 2.24) is 0 Å². The van der Waals surface area contributed by atoms with E-state index in [9.17, 15) is 19.2 Å². The molecule has 1 aromatic carbocycles. The molecule has 3 aliphatic rings. The third kappa shape index (κ3) is 2.86. The lowest BCUT2D eigenvalue weighted by Crippen LogP contribution is -2.34. The summed E-state index contributed by atoms with van der Waals surface area (Å²) in [6.45, 7) is 4.93. The molecule has 6 nitrogen and oxygen atoms in total. The number of carbonyl (C=O) groups is 4. The van der Waals surface area contributed by atoms with E-state index in [0.29, 0.717) is 0 Å². The Kier molecular flexibility index (Phi) is 4.40. The van der Waals surface area contributed by atoms with Crippen molar-refractivity contribution in [3.63, 3.8) is 0 Å². The minimum atomic E-state index is -0.700. The largest absolute Gasteiger partial charge is 0.454 e. The Hall–Kier alpha value is -2.50. The van der Waals surface area contributed by atoms with Gasteiger partial charge in [0, 0.05) is 5.41 Å². The maximum absolute atomic E-state index is 13.1. The molecule has 2 amide bonds. The van der Waals surface area contributed by atoms with Gasteiger partial charge in [-0.25, -0.2) is 9.69 Å². The van der Waals surface area contributed by atoms with E-state index in [0.717, 1.165) is 19.3 Å². The number of anilines is 1. The second-order valence-corrected chi connectivity index (χ2v) is 9.16. The van der Waals surface area contributed by atoms with Crippen molar-refractivity contribution in [2.75, 3.05) is 11.5 Å². The summed E-state index contributed by atoms with van der Waals surface area (Å²) in [6.07, 6.45) is 2.95. The zero-order valence-corrected chi connectivity index (χ0v) is 16.4. The van der Waals surface area contributed by atoms with Crippen LogP contribution in [0.5, 0.6) is 0 Å². The lowest BCUT2D eigenvalue weighted by Gasteiger charge is -2.20. The summed E-state index contributed by atoms with van der Waals surface area (Å²) in [6, 6.07) is 6.47. The summed E-state index contributed by atoms with van der Waals surface area (Å²) in [5.41, 5.74) is -0.213. The Labute approximate surface area is 164 Å². The van der Waals surface area contributed by atoms with Crippen LogP contribution >= 0.6 is 0 Å². The van der Waals surface area contributed by atoms with Crippen molar-refractivity contribution in [3.8, 4) is 0 Å². The van der Waals surface area contributed by atoms with Gasteiger partial charge in [-0.2, -0.15) is 0 Å². The van der Waals surface area contributed by atoms with Crippen LogP contribution in [-0.4, -0.2) is 30.2 Å². The zero-order valence-electron chi connectivity index (χ0n) is 16.4.